The van der Waals surface area contributed by atoms with Crippen LogP contribution < -0.4 is 10.6 Å². The summed E-state index contributed by atoms with van der Waals surface area (Å²) in [7, 11) is -2.72. The molecule has 0 fully saturated rings. The number of amides is 4. The van der Waals surface area contributed by atoms with Crippen molar-refractivity contribution in [3.05, 3.63) is 59.7 Å². The lowest BCUT2D eigenvalue weighted by Crippen LogP contribution is -2.49. The SMILES string of the molecule is CNC(=O)[C@H](CC(C)C)NC(=O)C(CC(C)C)CP(=O)(O)CN1C(=O)c2c(c3ccccc3c3ccccc23)C1=O. The largest absolute Gasteiger partial charge is 0.357 e. The summed E-state index contributed by atoms with van der Waals surface area (Å²) in [6.45, 7) is 7.66. The zero-order valence-electron chi connectivity index (χ0n) is 24.1. The van der Waals surface area contributed by atoms with Gasteiger partial charge in [-0.15, -0.1) is 0 Å². The Morgan fingerprint density at radius 2 is 1.27 bits per heavy atom. The van der Waals surface area contributed by atoms with Crippen LogP contribution in [0.25, 0.3) is 21.5 Å². The molecular weight excluding hydrogens is 541 g/mol. The van der Waals surface area contributed by atoms with Gasteiger partial charge in [0.1, 0.15) is 12.3 Å². The molecule has 4 amide bonds. The first-order valence-electron chi connectivity index (χ1n) is 14.0. The number of nitrogens with zero attached hydrogens (tertiary/aromatic N) is 1. The molecule has 0 saturated heterocycles. The highest BCUT2D eigenvalue weighted by molar-refractivity contribution is 7.58. The Bertz CT molecular complexity index is 1490. The monoisotopic (exact) mass is 579 g/mol. The lowest BCUT2D eigenvalue weighted by atomic mass is 9.93. The van der Waals surface area contributed by atoms with E-state index in [4.69, 9.17) is 0 Å². The van der Waals surface area contributed by atoms with Crippen LogP contribution in [0.5, 0.6) is 0 Å². The zero-order valence-corrected chi connectivity index (χ0v) is 25.0. The molecule has 1 aliphatic rings. The summed E-state index contributed by atoms with van der Waals surface area (Å²) in [6.07, 6.45) is -0.410. The minimum Gasteiger partial charge on any atom is -0.357 e. The van der Waals surface area contributed by atoms with Crippen molar-refractivity contribution >= 4 is 52.5 Å². The molecule has 0 saturated carbocycles. The summed E-state index contributed by atoms with van der Waals surface area (Å²) >= 11 is 0. The number of hydrogen-bond acceptors (Lipinski definition) is 5. The van der Waals surface area contributed by atoms with Gasteiger partial charge in [-0.25, -0.2) is 0 Å². The third kappa shape index (κ3) is 6.36. The van der Waals surface area contributed by atoms with Gasteiger partial charge in [0.05, 0.1) is 11.1 Å². The van der Waals surface area contributed by atoms with Gasteiger partial charge in [-0.2, -0.15) is 0 Å². The highest BCUT2D eigenvalue weighted by Gasteiger charge is 2.43. The number of carbonyl (C=O) groups is 4. The molecule has 41 heavy (non-hydrogen) atoms. The second-order valence-electron chi connectivity index (χ2n) is 11.7. The lowest BCUT2D eigenvalue weighted by molar-refractivity contribution is -0.131. The van der Waals surface area contributed by atoms with Crippen molar-refractivity contribution in [2.24, 2.45) is 17.8 Å². The van der Waals surface area contributed by atoms with Crippen LogP contribution in [0, 0.1) is 17.8 Å². The topological polar surface area (TPSA) is 133 Å². The van der Waals surface area contributed by atoms with Crippen LogP contribution in [0.2, 0.25) is 0 Å². The Kier molecular flexibility index (Phi) is 9.00. The molecule has 0 aromatic heterocycles. The Labute approximate surface area is 240 Å². The number of rotatable bonds is 11. The molecule has 0 spiro atoms. The normalized spacial score (nSPS) is 16.2. The van der Waals surface area contributed by atoms with E-state index in [1.807, 2.05) is 52.0 Å². The van der Waals surface area contributed by atoms with Crippen LogP contribution >= 0.6 is 7.37 Å². The van der Waals surface area contributed by atoms with E-state index in [1.54, 1.807) is 24.3 Å². The fourth-order valence-electron chi connectivity index (χ4n) is 5.70. The summed E-state index contributed by atoms with van der Waals surface area (Å²) < 4.78 is 13.6. The quantitative estimate of drug-likeness (QED) is 0.171. The lowest BCUT2D eigenvalue weighted by Gasteiger charge is -2.26. The first-order valence-corrected chi connectivity index (χ1v) is 16.0. The summed E-state index contributed by atoms with van der Waals surface area (Å²) in [5, 5.41) is 8.17. The number of carbonyl (C=O) groups excluding carboxylic acids is 4. The van der Waals surface area contributed by atoms with Crippen LogP contribution in [0.1, 0.15) is 61.3 Å². The predicted octanol–water partition coefficient (Wildman–Crippen LogP) is 4.76. The van der Waals surface area contributed by atoms with Crippen LogP contribution in [-0.2, 0) is 14.2 Å². The number of fused-ring (bicyclic) bond motifs is 6. The maximum Gasteiger partial charge on any atom is 0.262 e. The maximum atomic E-state index is 13.6. The van der Waals surface area contributed by atoms with Crippen LogP contribution in [0.4, 0.5) is 0 Å². The highest BCUT2D eigenvalue weighted by atomic mass is 31.2. The summed E-state index contributed by atoms with van der Waals surface area (Å²) in [4.78, 5) is 65.0. The maximum absolute atomic E-state index is 13.6. The minimum absolute atomic E-state index is 0.0198. The van der Waals surface area contributed by atoms with E-state index in [-0.39, 0.29) is 28.9 Å². The molecule has 0 radical (unpaired) electrons. The van der Waals surface area contributed by atoms with Crippen molar-refractivity contribution in [1.29, 1.82) is 0 Å². The molecule has 10 heteroatoms. The summed E-state index contributed by atoms with van der Waals surface area (Å²) in [5.74, 6) is -2.82. The smallest absolute Gasteiger partial charge is 0.262 e. The van der Waals surface area contributed by atoms with Gasteiger partial charge in [0.15, 0.2) is 0 Å². The molecule has 0 aliphatic carbocycles. The number of likely N-dealkylation sites (N-methyl/N-ethyl adjacent to an activating group) is 1. The van der Waals surface area contributed by atoms with Crippen molar-refractivity contribution in [2.45, 2.75) is 46.6 Å². The molecule has 1 aliphatic heterocycles. The molecule has 2 unspecified atom stereocenters. The number of hydrogen-bond donors (Lipinski definition) is 3. The third-order valence-corrected chi connectivity index (χ3v) is 9.17. The van der Waals surface area contributed by atoms with Crippen molar-refractivity contribution in [3.8, 4) is 0 Å². The Morgan fingerprint density at radius 3 is 1.71 bits per heavy atom. The molecule has 0 bridgehead atoms. The molecule has 3 aromatic carbocycles. The van der Waals surface area contributed by atoms with Gasteiger partial charge in [0, 0.05) is 19.1 Å². The molecule has 1 heterocycles. The molecule has 3 atom stereocenters. The van der Waals surface area contributed by atoms with E-state index in [0.29, 0.717) is 23.6 Å². The van der Waals surface area contributed by atoms with Gasteiger partial charge in [-0.3, -0.25) is 28.6 Å². The average molecular weight is 580 g/mol. The van der Waals surface area contributed by atoms with Crippen molar-refractivity contribution < 1.29 is 28.6 Å². The van der Waals surface area contributed by atoms with Crippen LogP contribution in [0.3, 0.4) is 0 Å². The van der Waals surface area contributed by atoms with Gasteiger partial charge in [0.2, 0.25) is 19.2 Å². The summed E-state index contributed by atoms with van der Waals surface area (Å²) in [6, 6.07) is 13.8. The molecule has 9 nitrogen and oxygen atoms in total. The molecule has 4 rings (SSSR count). The van der Waals surface area contributed by atoms with Crippen LogP contribution in [-0.4, -0.2) is 59.0 Å². The fraction of sp³-hybridized carbons (Fsp3) is 0.419. The molecule has 3 aromatic rings. The number of benzene rings is 3. The Morgan fingerprint density at radius 1 is 0.805 bits per heavy atom. The van der Waals surface area contributed by atoms with Gasteiger partial charge < -0.3 is 15.5 Å². The van der Waals surface area contributed by atoms with Gasteiger partial charge in [-0.1, -0.05) is 76.2 Å². The Hall–Kier alpha value is -3.55. The van der Waals surface area contributed by atoms with Crippen LogP contribution in [0.15, 0.2) is 48.5 Å². The van der Waals surface area contributed by atoms with Crippen molar-refractivity contribution in [2.75, 3.05) is 19.5 Å². The van der Waals surface area contributed by atoms with Crippen molar-refractivity contribution in [1.82, 2.24) is 15.5 Å². The molecular formula is C31H38N3O6P. The minimum atomic E-state index is -4.21. The van der Waals surface area contributed by atoms with E-state index >= 15 is 0 Å². The first kappa shape index (κ1) is 30.4. The standard InChI is InChI=1S/C31H38N3O6P/c1-18(2)14-20(28(35)33-25(15-19(3)4)29(36)32-5)16-41(39,40)17-34-30(37)26-23-12-8-6-10-21(23)22-11-7-9-13-24(22)27(26)31(34)38/h6-13,18-20,25H,14-17H2,1-5H3,(H,32,36)(H,33,35)(H,39,40)/t20?,25-/m0/s1. The van der Waals surface area contributed by atoms with Gasteiger partial charge in [-0.05, 0) is 46.2 Å². The van der Waals surface area contributed by atoms with E-state index in [9.17, 15) is 28.6 Å². The predicted molar refractivity (Wildman–Crippen MR) is 160 cm³/mol. The molecule has 3 N–H and O–H groups in total. The van der Waals surface area contributed by atoms with E-state index in [2.05, 4.69) is 10.6 Å². The number of imide groups is 1. The van der Waals surface area contributed by atoms with E-state index in [1.165, 1.54) is 7.05 Å². The third-order valence-electron chi connectivity index (χ3n) is 7.43. The highest BCUT2D eigenvalue weighted by Crippen LogP contribution is 2.47. The molecule has 218 valence electrons. The first-order chi connectivity index (χ1) is 19.3. The average Bonchev–Trinajstić information content (AvgIpc) is 3.16. The van der Waals surface area contributed by atoms with Gasteiger partial charge >= 0.3 is 0 Å². The fourth-order valence-corrected chi connectivity index (χ4v) is 7.52. The number of nitrogens with one attached hydrogen (secondary N) is 2. The Balaban J connectivity index is 1.62. The second-order valence-corrected chi connectivity index (χ2v) is 14.0. The van der Waals surface area contributed by atoms with Crippen molar-refractivity contribution in [3.63, 3.8) is 0 Å². The van der Waals surface area contributed by atoms with Gasteiger partial charge in [0.25, 0.3) is 11.8 Å². The second kappa shape index (κ2) is 12.1. The van der Waals surface area contributed by atoms with E-state index < -0.39 is 49.5 Å². The van der Waals surface area contributed by atoms with E-state index in [0.717, 1.165) is 15.7 Å². The summed E-state index contributed by atoms with van der Waals surface area (Å²) in [5.41, 5.74) is 0.450. The zero-order chi connectivity index (χ0) is 30.1.